The van der Waals surface area contributed by atoms with Crippen LogP contribution in [0.5, 0.6) is 5.75 Å². The van der Waals surface area contributed by atoms with Crippen LogP contribution >= 0.6 is 43.6 Å². The van der Waals surface area contributed by atoms with Gasteiger partial charge in [-0.1, -0.05) is 19.8 Å². The van der Waals surface area contributed by atoms with Crippen LogP contribution in [-0.4, -0.2) is 27.7 Å². The van der Waals surface area contributed by atoms with Crippen LogP contribution in [-0.2, 0) is 4.79 Å². The first-order valence-corrected chi connectivity index (χ1v) is 9.27. The average Bonchev–Trinajstić information content (AvgIpc) is 2.72. The molecule has 0 atom stereocenters. The molecular formula is C15H15Br2NO3S. The Kier molecular flexibility index (Phi) is 6.11. The van der Waals surface area contributed by atoms with E-state index in [1.165, 1.54) is 4.90 Å². The molecule has 2 rings (SSSR count). The Morgan fingerprint density at radius 3 is 2.45 bits per heavy atom. The molecule has 1 aliphatic rings. The van der Waals surface area contributed by atoms with Gasteiger partial charge < -0.3 is 5.11 Å². The fourth-order valence-electron chi connectivity index (χ4n) is 2.03. The SMILES string of the molecule is CCCCCN1C(=O)S/C(=C\c2cc(Br)c(O)c(Br)c2)C1=O. The van der Waals surface area contributed by atoms with Crippen LogP contribution in [0, 0.1) is 0 Å². The van der Waals surface area contributed by atoms with E-state index in [4.69, 9.17) is 0 Å². The normalized spacial score (nSPS) is 16.9. The predicted octanol–water partition coefficient (Wildman–Crippen LogP) is 5.14. The van der Waals surface area contributed by atoms with Crippen LogP contribution in [0.3, 0.4) is 0 Å². The van der Waals surface area contributed by atoms with Crippen molar-refractivity contribution in [1.82, 2.24) is 4.90 Å². The Hall–Kier alpha value is -0.790. The first-order valence-electron chi connectivity index (χ1n) is 6.87. The quantitative estimate of drug-likeness (QED) is 0.500. The molecule has 1 heterocycles. The molecule has 1 N–H and O–H groups in total. The van der Waals surface area contributed by atoms with Crippen molar-refractivity contribution in [2.45, 2.75) is 26.2 Å². The summed E-state index contributed by atoms with van der Waals surface area (Å²) in [4.78, 5) is 25.9. The smallest absolute Gasteiger partial charge is 0.293 e. The molecule has 7 heteroatoms. The molecule has 0 unspecified atom stereocenters. The van der Waals surface area contributed by atoms with Gasteiger partial charge in [-0.3, -0.25) is 14.5 Å². The number of aromatic hydroxyl groups is 1. The van der Waals surface area contributed by atoms with Gasteiger partial charge in [-0.2, -0.15) is 0 Å². The van der Waals surface area contributed by atoms with Crippen molar-refractivity contribution in [3.05, 3.63) is 31.5 Å². The summed E-state index contributed by atoms with van der Waals surface area (Å²) in [5.41, 5.74) is 0.732. The summed E-state index contributed by atoms with van der Waals surface area (Å²) in [5.74, 6) is -0.142. The van der Waals surface area contributed by atoms with Crippen molar-refractivity contribution in [1.29, 1.82) is 0 Å². The highest BCUT2D eigenvalue weighted by Gasteiger charge is 2.34. The van der Waals surface area contributed by atoms with Crippen molar-refractivity contribution < 1.29 is 14.7 Å². The number of amides is 2. The summed E-state index contributed by atoms with van der Waals surface area (Å²) in [7, 11) is 0. The standard InChI is InChI=1S/C15H15Br2NO3S/c1-2-3-4-5-18-14(20)12(22-15(18)21)8-9-6-10(16)13(19)11(17)7-9/h6-8,19H,2-5H2,1H3/b12-8-. The molecule has 2 amide bonds. The molecule has 1 fully saturated rings. The van der Waals surface area contributed by atoms with Gasteiger partial charge in [0.05, 0.1) is 13.9 Å². The third-order valence-electron chi connectivity index (χ3n) is 3.20. The lowest BCUT2D eigenvalue weighted by Crippen LogP contribution is -2.29. The molecule has 1 aliphatic heterocycles. The molecule has 22 heavy (non-hydrogen) atoms. The number of hydrogen-bond donors (Lipinski definition) is 1. The van der Waals surface area contributed by atoms with E-state index in [1.54, 1.807) is 18.2 Å². The average molecular weight is 449 g/mol. The summed E-state index contributed by atoms with van der Waals surface area (Å²) in [5, 5.41) is 9.48. The summed E-state index contributed by atoms with van der Waals surface area (Å²) in [6, 6.07) is 3.40. The van der Waals surface area contributed by atoms with Crippen molar-refractivity contribution in [2.24, 2.45) is 0 Å². The second-order valence-electron chi connectivity index (χ2n) is 4.87. The van der Waals surface area contributed by atoms with Crippen molar-refractivity contribution >= 4 is 60.8 Å². The molecule has 0 spiro atoms. The van der Waals surface area contributed by atoms with E-state index in [-0.39, 0.29) is 16.9 Å². The molecule has 0 aromatic heterocycles. The van der Waals surface area contributed by atoms with Crippen LogP contribution in [0.1, 0.15) is 31.7 Å². The number of carbonyl (C=O) groups excluding carboxylic acids is 2. The number of rotatable bonds is 5. The zero-order valence-electron chi connectivity index (χ0n) is 11.9. The summed E-state index contributed by atoms with van der Waals surface area (Å²) in [6.07, 6.45) is 4.54. The van der Waals surface area contributed by atoms with E-state index in [0.29, 0.717) is 20.4 Å². The summed E-state index contributed by atoms with van der Waals surface area (Å²) >= 11 is 7.45. The summed E-state index contributed by atoms with van der Waals surface area (Å²) < 4.78 is 1.05. The minimum atomic E-state index is -0.244. The van der Waals surface area contributed by atoms with E-state index in [0.717, 1.165) is 36.6 Å². The molecule has 1 saturated heterocycles. The number of carbonyl (C=O) groups is 2. The fourth-order valence-corrected chi connectivity index (χ4v) is 4.12. The van der Waals surface area contributed by atoms with Crippen molar-refractivity contribution in [3.63, 3.8) is 0 Å². The Morgan fingerprint density at radius 2 is 1.86 bits per heavy atom. The van der Waals surface area contributed by atoms with Gasteiger partial charge in [-0.25, -0.2) is 0 Å². The zero-order chi connectivity index (χ0) is 16.3. The summed E-state index contributed by atoms with van der Waals surface area (Å²) in [6.45, 7) is 2.55. The second-order valence-corrected chi connectivity index (χ2v) is 7.58. The van der Waals surface area contributed by atoms with Crippen LogP contribution in [0.15, 0.2) is 26.0 Å². The molecular weight excluding hydrogens is 434 g/mol. The number of hydrogen-bond acceptors (Lipinski definition) is 4. The first-order chi connectivity index (χ1) is 10.4. The molecule has 0 aliphatic carbocycles. The number of imide groups is 1. The Balaban J connectivity index is 2.19. The van der Waals surface area contributed by atoms with Gasteiger partial charge in [0.25, 0.3) is 11.1 Å². The minimum Gasteiger partial charge on any atom is -0.506 e. The fraction of sp³-hybridized carbons (Fsp3) is 0.333. The van der Waals surface area contributed by atoms with E-state index in [1.807, 2.05) is 0 Å². The highest BCUT2D eigenvalue weighted by atomic mass is 79.9. The molecule has 1 aromatic carbocycles. The molecule has 0 radical (unpaired) electrons. The molecule has 1 aromatic rings. The third-order valence-corrected chi connectivity index (χ3v) is 5.31. The number of benzene rings is 1. The third kappa shape index (κ3) is 3.94. The topological polar surface area (TPSA) is 57.6 Å². The Morgan fingerprint density at radius 1 is 1.23 bits per heavy atom. The predicted molar refractivity (Wildman–Crippen MR) is 95.7 cm³/mol. The van der Waals surface area contributed by atoms with Gasteiger partial charge in [0.1, 0.15) is 5.75 Å². The number of thioether (sulfide) groups is 1. The Bertz CT molecular complexity index is 623. The number of phenolic OH excluding ortho intramolecular Hbond substituents is 1. The number of halogens is 2. The number of unbranched alkanes of at least 4 members (excludes halogenated alkanes) is 2. The monoisotopic (exact) mass is 447 g/mol. The minimum absolute atomic E-state index is 0.102. The lowest BCUT2D eigenvalue weighted by molar-refractivity contribution is -0.122. The highest BCUT2D eigenvalue weighted by Crippen LogP contribution is 2.36. The molecule has 0 bridgehead atoms. The van der Waals surface area contributed by atoms with E-state index >= 15 is 0 Å². The van der Waals surface area contributed by atoms with E-state index in [9.17, 15) is 14.7 Å². The molecule has 118 valence electrons. The van der Waals surface area contributed by atoms with Crippen LogP contribution in [0.25, 0.3) is 6.08 Å². The maximum atomic E-state index is 12.3. The van der Waals surface area contributed by atoms with Crippen LogP contribution < -0.4 is 0 Å². The van der Waals surface area contributed by atoms with Gasteiger partial charge in [0.15, 0.2) is 0 Å². The molecule has 0 saturated carbocycles. The van der Waals surface area contributed by atoms with Gasteiger partial charge >= 0.3 is 0 Å². The molecule has 4 nitrogen and oxygen atoms in total. The first kappa shape index (κ1) is 17.6. The lowest BCUT2D eigenvalue weighted by atomic mass is 10.2. The van der Waals surface area contributed by atoms with E-state index in [2.05, 4.69) is 38.8 Å². The lowest BCUT2D eigenvalue weighted by Gasteiger charge is -2.11. The van der Waals surface area contributed by atoms with Gasteiger partial charge in [-0.05, 0) is 73.8 Å². The zero-order valence-corrected chi connectivity index (χ0v) is 15.9. The van der Waals surface area contributed by atoms with Gasteiger partial charge in [0.2, 0.25) is 0 Å². The number of nitrogens with zero attached hydrogens (tertiary/aromatic N) is 1. The van der Waals surface area contributed by atoms with Crippen molar-refractivity contribution in [2.75, 3.05) is 6.54 Å². The highest BCUT2D eigenvalue weighted by molar-refractivity contribution is 9.11. The van der Waals surface area contributed by atoms with Gasteiger partial charge in [-0.15, -0.1) is 0 Å². The van der Waals surface area contributed by atoms with E-state index < -0.39 is 0 Å². The largest absolute Gasteiger partial charge is 0.506 e. The van der Waals surface area contributed by atoms with Crippen LogP contribution in [0.4, 0.5) is 4.79 Å². The van der Waals surface area contributed by atoms with Crippen LogP contribution in [0.2, 0.25) is 0 Å². The second kappa shape index (κ2) is 7.66. The van der Waals surface area contributed by atoms with Crippen molar-refractivity contribution in [3.8, 4) is 5.75 Å². The maximum absolute atomic E-state index is 12.3. The number of phenols is 1. The maximum Gasteiger partial charge on any atom is 0.293 e. The van der Waals surface area contributed by atoms with Gasteiger partial charge in [0, 0.05) is 6.54 Å². The Labute approximate surface area is 150 Å².